The highest BCUT2D eigenvalue weighted by molar-refractivity contribution is 7.18. The molecule has 0 unspecified atom stereocenters. The summed E-state index contributed by atoms with van der Waals surface area (Å²) in [6.45, 7) is 1.78. The lowest BCUT2D eigenvalue weighted by molar-refractivity contribution is 0.885. The molecule has 0 saturated carbocycles. The smallest absolute Gasteiger partial charge is 0.267 e. The van der Waals surface area contributed by atoms with E-state index in [4.69, 9.17) is 11.6 Å². The minimum absolute atomic E-state index is 0.190. The summed E-state index contributed by atoms with van der Waals surface area (Å²) in [5, 5.41) is 9.26. The van der Waals surface area contributed by atoms with E-state index in [1.165, 1.54) is 21.9 Å². The fraction of sp³-hybridized carbons (Fsp3) is 0.0833. The van der Waals surface area contributed by atoms with Crippen molar-refractivity contribution < 1.29 is 0 Å². The molecule has 7 heteroatoms. The van der Waals surface area contributed by atoms with E-state index in [2.05, 4.69) is 10.1 Å². The number of nitrogens with zero attached hydrogens (tertiary/aromatic N) is 3. The van der Waals surface area contributed by atoms with E-state index >= 15 is 0 Å². The van der Waals surface area contributed by atoms with Crippen molar-refractivity contribution in [3.8, 4) is 0 Å². The predicted molar refractivity (Wildman–Crippen MR) is 79.9 cm³/mol. The topological polar surface area (TPSA) is 47.3 Å². The fourth-order valence-electron chi connectivity index (χ4n) is 1.58. The lowest BCUT2D eigenvalue weighted by atomic mass is 10.3. The Morgan fingerprint density at radius 2 is 2.37 bits per heavy atom. The van der Waals surface area contributed by atoms with E-state index in [1.54, 1.807) is 18.3 Å². The third kappa shape index (κ3) is 2.47. The number of halogens is 1. The van der Waals surface area contributed by atoms with E-state index in [-0.39, 0.29) is 5.56 Å². The van der Waals surface area contributed by atoms with Crippen LogP contribution in [0.1, 0.15) is 16.3 Å². The first kappa shape index (κ1) is 12.5. The maximum atomic E-state index is 11.8. The number of hydrogen-bond acceptors (Lipinski definition) is 5. The SMILES string of the molecule is Cc1cc(=O)n2nc(/C(Cl)=C/c3ccsc3)sc2n1. The second-order valence-corrected chi connectivity index (χ2v) is 6.03. The maximum Gasteiger partial charge on any atom is 0.275 e. The van der Waals surface area contributed by atoms with Crippen LogP contribution in [0.3, 0.4) is 0 Å². The van der Waals surface area contributed by atoms with E-state index < -0.39 is 0 Å². The molecule has 0 aromatic carbocycles. The summed E-state index contributed by atoms with van der Waals surface area (Å²) in [6, 6.07) is 3.42. The van der Waals surface area contributed by atoms with Gasteiger partial charge in [-0.05, 0) is 35.4 Å². The molecule has 0 bridgehead atoms. The second kappa shape index (κ2) is 4.88. The van der Waals surface area contributed by atoms with Crippen LogP contribution in [-0.4, -0.2) is 14.6 Å². The van der Waals surface area contributed by atoms with Crippen LogP contribution in [0.15, 0.2) is 27.7 Å². The summed E-state index contributed by atoms with van der Waals surface area (Å²) in [6.07, 6.45) is 1.83. The minimum atomic E-state index is -0.190. The molecule has 0 N–H and O–H groups in total. The van der Waals surface area contributed by atoms with Gasteiger partial charge in [-0.25, -0.2) is 4.98 Å². The summed E-state index contributed by atoms with van der Waals surface area (Å²) < 4.78 is 1.27. The molecular weight excluding hydrogens is 302 g/mol. The molecule has 3 heterocycles. The maximum absolute atomic E-state index is 11.8. The monoisotopic (exact) mass is 309 g/mol. The Morgan fingerprint density at radius 1 is 1.53 bits per heavy atom. The number of aryl methyl sites for hydroxylation is 1. The van der Waals surface area contributed by atoms with Crippen LogP contribution in [0.5, 0.6) is 0 Å². The molecule has 3 aromatic heterocycles. The zero-order chi connectivity index (χ0) is 13.4. The number of thiophene rings is 1. The Morgan fingerprint density at radius 3 is 3.11 bits per heavy atom. The lowest BCUT2D eigenvalue weighted by Crippen LogP contribution is -2.14. The normalized spacial score (nSPS) is 12.2. The summed E-state index contributed by atoms with van der Waals surface area (Å²) in [7, 11) is 0. The zero-order valence-corrected chi connectivity index (χ0v) is 12.2. The van der Waals surface area contributed by atoms with E-state index in [9.17, 15) is 4.79 Å². The molecule has 4 nitrogen and oxygen atoms in total. The largest absolute Gasteiger partial charge is 0.275 e. The fourth-order valence-corrected chi connectivity index (χ4v) is 3.34. The van der Waals surface area contributed by atoms with Crippen molar-refractivity contribution >= 4 is 50.3 Å². The lowest BCUT2D eigenvalue weighted by Gasteiger charge is -1.90. The molecule has 3 rings (SSSR count). The highest BCUT2D eigenvalue weighted by Gasteiger charge is 2.10. The van der Waals surface area contributed by atoms with Gasteiger partial charge < -0.3 is 0 Å². The molecule has 0 radical (unpaired) electrons. The van der Waals surface area contributed by atoms with E-state index in [0.29, 0.717) is 20.7 Å². The molecule has 0 aliphatic heterocycles. The van der Waals surface area contributed by atoms with Gasteiger partial charge in [0.1, 0.15) is 0 Å². The number of hydrogen-bond donors (Lipinski definition) is 0. The van der Waals surface area contributed by atoms with Gasteiger partial charge in [0.25, 0.3) is 5.56 Å². The van der Waals surface area contributed by atoms with Crippen LogP contribution in [0.2, 0.25) is 0 Å². The van der Waals surface area contributed by atoms with Crippen molar-refractivity contribution in [1.82, 2.24) is 14.6 Å². The Bertz CT molecular complexity index is 817. The van der Waals surface area contributed by atoms with Crippen LogP contribution in [0, 0.1) is 6.92 Å². The molecule has 0 saturated heterocycles. The third-order valence-corrected chi connectivity index (χ3v) is 4.46. The Hall–Kier alpha value is -1.50. The van der Waals surface area contributed by atoms with E-state index in [1.807, 2.05) is 22.9 Å². The van der Waals surface area contributed by atoms with Gasteiger partial charge in [-0.2, -0.15) is 21.0 Å². The minimum Gasteiger partial charge on any atom is -0.267 e. The van der Waals surface area contributed by atoms with Gasteiger partial charge in [-0.1, -0.05) is 22.9 Å². The molecular formula is C12H8ClN3OS2. The molecule has 3 aromatic rings. The van der Waals surface area contributed by atoms with Crippen LogP contribution in [-0.2, 0) is 0 Å². The quantitative estimate of drug-likeness (QED) is 0.730. The van der Waals surface area contributed by atoms with Crippen LogP contribution in [0.25, 0.3) is 16.1 Å². The molecule has 0 aliphatic rings. The van der Waals surface area contributed by atoms with Crippen molar-refractivity contribution in [2.24, 2.45) is 0 Å². The summed E-state index contributed by atoms with van der Waals surface area (Å²) in [4.78, 5) is 16.6. The second-order valence-electron chi connectivity index (χ2n) is 3.89. The highest BCUT2D eigenvalue weighted by atomic mass is 35.5. The Kier molecular flexibility index (Phi) is 3.22. The van der Waals surface area contributed by atoms with Crippen LogP contribution >= 0.6 is 34.3 Å². The molecule has 19 heavy (non-hydrogen) atoms. The molecule has 0 amide bonds. The molecule has 0 fully saturated rings. The van der Waals surface area contributed by atoms with Gasteiger partial charge in [0.15, 0.2) is 5.01 Å². The van der Waals surface area contributed by atoms with Gasteiger partial charge in [0.05, 0.1) is 5.03 Å². The van der Waals surface area contributed by atoms with Gasteiger partial charge >= 0.3 is 0 Å². The summed E-state index contributed by atoms with van der Waals surface area (Å²) in [5.41, 5.74) is 1.51. The summed E-state index contributed by atoms with van der Waals surface area (Å²) in [5.74, 6) is 0. The first-order chi connectivity index (χ1) is 9.13. The van der Waals surface area contributed by atoms with Gasteiger partial charge in [-0.3, -0.25) is 4.79 Å². The predicted octanol–water partition coefficient (Wildman–Crippen LogP) is 3.26. The Labute approximate surface area is 121 Å². The Balaban J connectivity index is 2.11. The number of rotatable bonds is 2. The highest BCUT2D eigenvalue weighted by Crippen LogP contribution is 2.26. The van der Waals surface area contributed by atoms with Gasteiger partial charge in [-0.15, -0.1) is 0 Å². The molecule has 0 spiro atoms. The third-order valence-electron chi connectivity index (χ3n) is 2.41. The number of aromatic nitrogens is 3. The van der Waals surface area contributed by atoms with Gasteiger partial charge in [0.2, 0.25) is 4.96 Å². The van der Waals surface area contributed by atoms with Crippen molar-refractivity contribution in [3.63, 3.8) is 0 Å². The van der Waals surface area contributed by atoms with Gasteiger partial charge in [0, 0.05) is 11.8 Å². The molecule has 0 aliphatic carbocycles. The van der Waals surface area contributed by atoms with Crippen LogP contribution < -0.4 is 5.56 Å². The molecule has 96 valence electrons. The standard InChI is InChI=1S/C12H8ClN3OS2/c1-7-4-10(17)16-12(14-7)19-11(15-16)9(13)5-8-2-3-18-6-8/h2-6H,1H3/b9-5-. The van der Waals surface area contributed by atoms with Crippen LogP contribution in [0.4, 0.5) is 0 Å². The summed E-state index contributed by atoms with van der Waals surface area (Å²) >= 11 is 9.13. The van der Waals surface area contributed by atoms with Crippen molar-refractivity contribution in [1.29, 1.82) is 0 Å². The van der Waals surface area contributed by atoms with Crippen molar-refractivity contribution in [2.75, 3.05) is 0 Å². The first-order valence-electron chi connectivity index (χ1n) is 5.41. The van der Waals surface area contributed by atoms with E-state index in [0.717, 1.165) is 5.56 Å². The molecule has 0 atom stereocenters. The average Bonchev–Trinajstić information content (AvgIpc) is 2.97. The average molecular weight is 310 g/mol. The zero-order valence-electron chi connectivity index (χ0n) is 9.83. The van der Waals surface area contributed by atoms with Crippen molar-refractivity contribution in [2.45, 2.75) is 6.92 Å². The van der Waals surface area contributed by atoms with Crippen molar-refractivity contribution in [3.05, 3.63) is 49.5 Å². The first-order valence-corrected chi connectivity index (χ1v) is 7.54. The number of fused-ring (bicyclic) bond motifs is 1.